The molecule has 1 heterocycles. The second-order valence-corrected chi connectivity index (χ2v) is 6.55. The van der Waals surface area contributed by atoms with Crippen LogP contribution in [0.25, 0.3) is 0 Å². The van der Waals surface area contributed by atoms with Gasteiger partial charge in [-0.05, 0) is 17.7 Å². The van der Waals surface area contributed by atoms with E-state index in [1.54, 1.807) is 54.6 Å². The molecule has 0 bridgehead atoms. The Balaban J connectivity index is 1.99. The molecule has 3 aromatic rings. The van der Waals surface area contributed by atoms with Gasteiger partial charge >= 0.3 is 0 Å². The van der Waals surface area contributed by atoms with Gasteiger partial charge in [-0.15, -0.1) is 0 Å². The van der Waals surface area contributed by atoms with Gasteiger partial charge in [0.2, 0.25) is 5.16 Å². The molecule has 128 valence electrons. The number of para-hydroxylation sites is 1. The zero-order valence-electron chi connectivity index (χ0n) is 13.0. The molecular formula is C17H14N3O4S-. The first-order chi connectivity index (χ1) is 11.9. The van der Waals surface area contributed by atoms with Gasteiger partial charge in [-0.25, -0.2) is 13.4 Å². The minimum Gasteiger partial charge on any atom is -0.742 e. The second-order valence-electron chi connectivity index (χ2n) is 5.27. The highest BCUT2D eigenvalue weighted by Crippen LogP contribution is 2.16. The maximum absolute atomic E-state index is 12.5. The number of anilines is 1. The van der Waals surface area contributed by atoms with Crippen molar-refractivity contribution in [1.82, 2.24) is 9.55 Å². The van der Waals surface area contributed by atoms with Crippen molar-refractivity contribution in [2.75, 3.05) is 5.32 Å². The summed E-state index contributed by atoms with van der Waals surface area (Å²) in [6.07, 6.45) is 1.09. The zero-order valence-corrected chi connectivity index (χ0v) is 13.8. The molecule has 0 aliphatic rings. The number of carbonyl (C=O) groups is 1. The summed E-state index contributed by atoms with van der Waals surface area (Å²) in [5, 5.41) is 1.97. The largest absolute Gasteiger partial charge is 0.742 e. The van der Waals surface area contributed by atoms with Crippen molar-refractivity contribution >= 4 is 21.7 Å². The van der Waals surface area contributed by atoms with Crippen LogP contribution < -0.4 is 5.32 Å². The van der Waals surface area contributed by atoms with Gasteiger partial charge < -0.3 is 14.4 Å². The molecule has 0 radical (unpaired) electrons. The maximum atomic E-state index is 12.5. The van der Waals surface area contributed by atoms with Crippen LogP contribution in [0.2, 0.25) is 0 Å². The Bertz CT molecular complexity index is 983. The number of rotatable bonds is 5. The van der Waals surface area contributed by atoms with Crippen molar-refractivity contribution in [1.29, 1.82) is 0 Å². The monoisotopic (exact) mass is 356 g/mol. The van der Waals surface area contributed by atoms with Crippen LogP contribution in [0.3, 0.4) is 0 Å². The molecular weight excluding hydrogens is 342 g/mol. The number of aromatic nitrogens is 2. The minimum absolute atomic E-state index is 0.0119. The molecule has 0 aliphatic carbocycles. The lowest BCUT2D eigenvalue weighted by Gasteiger charge is -2.14. The molecule has 8 heteroatoms. The Morgan fingerprint density at radius 1 is 1.04 bits per heavy atom. The van der Waals surface area contributed by atoms with Crippen LogP contribution in [0.4, 0.5) is 5.69 Å². The summed E-state index contributed by atoms with van der Waals surface area (Å²) in [6, 6.07) is 17.6. The third-order valence-corrected chi connectivity index (χ3v) is 4.26. The summed E-state index contributed by atoms with van der Waals surface area (Å²) in [6.45, 7) is 0.0369. The van der Waals surface area contributed by atoms with E-state index in [0.717, 1.165) is 16.3 Å². The molecule has 1 aromatic heterocycles. The van der Waals surface area contributed by atoms with Crippen LogP contribution in [0.1, 0.15) is 16.1 Å². The Hall–Kier alpha value is -2.97. The first-order valence-electron chi connectivity index (χ1n) is 7.37. The van der Waals surface area contributed by atoms with Gasteiger partial charge in [0.15, 0.2) is 10.1 Å². The fraction of sp³-hybridized carbons (Fsp3) is 0.0588. The molecule has 1 amide bonds. The summed E-state index contributed by atoms with van der Waals surface area (Å²) in [5.74, 6) is -0.551. The third-order valence-electron chi connectivity index (χ3n) is 3.49. The third kappa shape index (κ3) is 3.93. The highest BCUT2D eigenvalue weighted by Gasteiger charge is 2.20. The van der Waals surface area contributed by atoms with Crippen molar-refractivity contribution in [2.24, 2.45) is 0 Å². The van der Waals surface area contributed by atoms with E-state index in [4.69, 9.17) is 0 Å². The Morgan fingerprint density at radius 2 is 1.64 bits per heavy atom. The van der Waals surface area contributed by atoms with Gasteiger partial charge in [-0.1, -0.05) is 48.5 Å². The number of nitrogens with zero attached hydrogens (tertiary/aromatic N) is 2. The standard InChI is InChI=1S/C17H15N3O4S/c21-16(19-14-9-5-2-6-10-14)15-11-18-17(25(22,23)24)20(15)12-13-7-3-1-4-8-13/h1-11H,12H2,(H,19,21)(H,22,23,24)/p-1. The fourth-order valence-corrected chi connectivity index (χ4v) is 2.99. The van der Waals surface area contributed by atoms with Gasteiger partial charge in [-0.3, -0.25) is 4.79 Å². The normalized spacial score (nSPS) is 11.2. The molecule has 1 N–H and O–H groups in total. The van der Waals surface area contributed by atoms with E-state index in [9.17, 15) is 17.8 Å². The van der Waals surface area contributed by atoms with Crippen molar-refractivity contribution in [3.63, 3.8) is 0 Å². The lowest BCUT2D eigenvalue weighted by Crippen LogP contribution is -2.20. The number of benzene rings is 2. The van der Waals surface area contributed by atoms with E-state index < -0.39 is 21.2 Å². The minimum atomic E-state index is -4.82. The summed E-state index contributed by atoms with van der Waals surface area (Å²) in [7, 11) is -4.82. The summed E-state index contributed by atoms with van der Waals surface area (Å²) in [5.41, 5.74) is 1.27. The summed E-state index contributed by atoms with van der Waals surface area (Å²) in [4.78, 5) is 16.1. The van der Waals surface area contributed by atoms with E-state index in [-0.39, 0.29) is 12.2 Å². The molecule has 0 saturated carbocycles. The van der Waals surface area contributed by atoms with Crippen molar-refractivity contribution in [3.05, 3.63) is 78.1 Å². The van der Waals surface area contributed by atoms with Crippen LogP contribution in [-0.2, 0) is 16.7 Å². The molecule has 0 fully saturated rings. The Morgan fingerprint density at radius 3 is 2.24 bits per heavy atom. The summed E-state index contributed by atoms with van der Waals surface area (Å²) < 4.78 is 35.5. The lowest BCUT2D eigenvalue weighted by molar-refractivity contribution is 0.101. The first kappa shape index (κ1) is 16.9. The number of hydrogen-bond acceptors (Lipinski definition) is 5. The SMILES string of the molecule is O=C(Nc1ccccc1)c1cnc(S(=O)(=O)[O-])n1Cc1ccccc1. The van der Waals surface area contributed by atoms with Crippen molar-refractivity contribution < 1.29 is 17.8 Å². The quantitative estimate of drug-likeness (QED) is 0.705. The number of amides is 1. The predicted molar refractivity (Wildman–Crippen MR) is 90.1 cm³/mol. The van der Waals surface area contributed by atoms with Gasteiger partial charge in [0, 0.05) is 5.69 Å². The van der Waals surface area contributed by atoms with Crippen LogP contribution in [0.15, 0.2) is 72.0 Å². The molecule has 7 nitrogen and oxygen atoms in total. The highest BCUT2D eigenvalue weighted by atomic mass is 32.2. The average Bonchev–Trinajstić information content (AvgIpc) is 3.00. The number of nitrogens with one attached hydrogen (secondary N) is 1. The molecule has 3 rings (SSSR count). The molecule has 2 aromatic carbocycles. The predicted octanol–water partition coefficient (Wildman–Crippen LogP) is 2.09. The van der Waals surface area contributed by atoms with Crippen LogP contribution in [0, 0.1) is 0 Å². The maximum Gasteiger partial charge on any atom is 0.273 e. The smallest absolute Gasteiger partial charge is 0.273 e. The van der Waals surface area contributed by atoms with E-state index in [2.05, 4.69) is 10.3 Å². The molecule has 0 unspecified atom stereocenters. The van der Waals surface area contributed by atoms with E-state index >= 15 is 0 Å². The van der Waals surface area contributed by atoms with E-state index in [1.807, 2.05) is 6.07 Å². The van der Waals surface area contributed by atoms with Crippen LogP contribution >= 0.6 is 0 Å². The molecule has 0 atom stereocenters. The van der Waals surface area contributed by atoms with Crippen LogP contribution in [-0.4, -0.2) is 28.4 Å². The number of carbonyl (C=O) groups excluding carboxylic acids is 1. The van der Waals surface area contributed by atoms with E-state index in [1.165, 1.54) is 0 Å². The fourth-order valence-electron chi connectivity index (χ4n) is 2.37. The molecule has 25 heavy (non-hydrogen) atoms. The molecule has 0 saturated heterocycles. The van der Waals surface area contributed by atoms with Crippen LogP contribution in [0.5, 0.6) is 0 Å². The highest BCUT2D eigenvalue weighted by molar-refractivity contribution is 7.85. The molecule has 0 spiro atoms. The Kier molecular flexibility index (Phi) is 4.64. The first-order valence-corrected chi connectivity index (χ1v) is 8.78. The van der Waals surface area contributed by atoms with Gasteiger partial charge in [0.05, 0.1) is 12.7 Å². The average molecular weight is 356 g/mol. The summed E-state index contributed by atoms with van der Waals surface area (Å²) >= 11 is 0. The second kappa shape index (κ2) is 6.88. The van der Waals surface area contributed by atoms with Crippen molar-refractivity contribution in [2.45, 2.75) is 11.7 Å². The zero-order chi connectivity index (χ0) is 17.9. The van der Waals surface area contributed by atoms with E-state index in [0.29, 0.717) is 5.69 Å². The van der Waals surface area contributed by atoms with Crippen molar-refractivity contribution in [3.8, 4) is 0 Å². The van der Waals surface area contributed by atoms with Gasteiger partial charge in [0.25, 0.3) is 5.91 Å². The number of hydrogen-bond donors (Lipinski definition) is 1. The molecule has 0 aliphatic heterocycles. The lowest BCUT2D eigenvalue weighted by atomic mass is 10.2. The van der Waals surface area contributed by atoms with Gasteiger partial charge in [-0.2, -0.15) is 0 Å². The topological polar surface area (TPSA) is 104 Å². The van der Waals surface area contributed by atoms with Gasteiger partial charge in [0.1, 0.15) is 5.69 Å². The number of imidazole rings is 1. The Labute approximate surface area is 144 Å².